The summed E-state index contributed by atoms with van der Waals surface area (Å²) in [5.74, 6) is 0.121. The SMILES string of the molecule is CC(=O)C(CNC1CCNCC1)c1ccc(Cl)cc1. The topological polar surface area (TPSA) is 41.1 Å². The molecule has 0 amide bonds. The molecule has 19 heavy (non-hydrogen) atoms. The molecule has 2 rings (SSSR count). The standard InChI is InChI=1S/C15H21ClN2O/c1-11(19)15(12-2-4-13(16)5-3-12)10-18-14-6-8-17-9-7-14/h2-5,14-15,17-18H,6-10H2,1H3. The van der Waals surface area contributed by atoms with Gasteiger partial charge in [-0.05, 0) is 50.6 Å². The smallest absolute Gasteiger partial charge is 0.138 e. The van der Waals surface area contributed by atoms with Gasteiger partial charge in [0.05, 0.1) is 5.92 Å². The highest BCUT2D eigenvalue weighted by Crippen LogP contribution is 2.19. The Hall–Kier alpha value is -0.900. The van der Waals surface area contributed by atoms with E-state index in [1.165, 1.54) is 0 Å². The molecule has 1 aromatic carbocycles. The van der Waals surface area contributed by atoms with Crippen LogP contribution < -0.4 is 10.6 Å². The van der Waals surface area contributed by atoms with Crippen LogP contribution in [0.2, 0.25) is 5.02 Å². The Kier molecular flexibility index (Phi) is 5.37. The van der Waals surface area contributed by atoms with Gasteiger partial charge in [0.2, 0.25) is 0 Å². The van der Waals surface area contributed by atoms with Gasteiger partial charge in [-0.1, -0.05) is 23.7 Å². The number of carbonyl (C=O) groups is 1. The second-order valence-corrected chi connectivity index (χ2v) is 5.58. The average Bonchev–Trinajstić information content (AvgIpc) is 2.42. The van der Waals surface area contributed by atoms with Gasteiger partial charge in [-0.2, -0.15) is 0 Å². The Morgan fingerprint density at radius 2 is 2.00 bits per heavy atom. The summed E-state index contributed by atoms with van der Waals surface area (Å²) < 4.78 is 0. The summed E-state index contributed by atoms with van der Waals surface area (Å²) in [4.78, 5) is 11.8. The normalized spacial score (nSPS) is 18.2. The molecule has 1 heterocycles. The van der Waals surface area contributed by atoms with E-state index in [4.69, 9.17) is 11.6 Å². The van der Waals surface area contributed by atoms with Crippen LogP contribution in [0.25, 0.3) is 0 Å². The van der Waals surface area contributed by atoms with E-state index in [2.05, 4.69) is 10.6 Å². The molecule has 1 fully saturated rings. The number of hydrogen-bond acceptors (Lipinski definition) is 3. The first-order valence-corrected chi connectivity index (χ1v) is 7.24. The highest BCUT2D eigenvalue weighted by Gasteiger charge is 2.19. The van der Waals surface area contributed by atoms with Crippen LogP contribution in [0.3, 0.4) is 0 Å². The minimum absolute atomic E-state index is 0.0767. The largest absolute Gasteiger partial charge is 0.317 e. The molecule has 4 heteroatoms. The molecule has 0 saturated carbocycles. The second kappa shape index (κ2) is 7.04. The van der Waals surface area contributed by atoms with Gasteiger partial charge < -0.3 is 10.6 Å². The number of benzene rings is 1. The maximum atomic E-state index is 11.8. The van der Waals surface area contributed by atoms with Crippen LogP contribution in [0.5, 0.6) is 0 Å². The number of rotatable bonds is 5. The lowest BCUT2D eigenvalue weighted by Crippen LogP contribution is -2.42. The van der Waals surface area contributed by atoms with Crippen LogP contribution in [-0.4, -0.2) is 31.5 Å². The van der Waals surface area contributed by atoms with Crippen LogP contribution in [0, 0.1) is 0 Å². The molecule has 1 unspecified atom stereocenters. The highest BCUT2D eigenvalue weighted by atomic mass is 35.5. The zero-order valence-electron chi connectivity index (χ0n) is 11.3. The van der Waals surface area contributed by atoms with Crippen LogP contribution >= 0.6 is 11.6 Å². The van der Waals surface area contributed by atoms with Gasteiger partial charge in [0, 0.05) is 17.6 Å². The van der Waals surface area contributed by atoms with Crippen molar-refractivity contribution in [2.45, 2.75) is 31.7 Å². The Balaban J connectivity index is 1.96. The molecule has 0 radical (unpaired) electrons. The number of carbonyl (C=O) groups excluding carboxylic acids is 1. The third-order valence-corrected chi connectivity index (χ3v) is 3.96. The number of hydrogen-bond donors (Lipinski definition) is 2. The number of piperidine rings is 1. The molecular formula is C15H21ClN2O. The number of Topliss-reactive ketones (excluding diaryl/α,β-unsaturated/α-hetero) is 1. The Morgan fingerprint density at radius 3 is 2.58 bits per heavy atom. The molecular weight excluding hydrogens is 260 g/mol. The molecule has 0 aliphatic carbocycles. The lowest BCUT2D eigenvalue weighted by Gasteiger charge is -2.26. The first-order valence-electron chi connectivity index (χ1n) is 6.87. The van der Waals surface area contributed by atoms with Crippen LogP contribution in [0.1, 0.15) is 31.2 Å². The van der Waals surface area contributed by atoms with E-state index in [1.807, 2.05) is 24.3 Å². The minimum Gasteiger partial charge on any atom is -0.317 e. The summed E-state index contributed by atoms with van der Waals surface area (Å²) >= 11 is 5.89. The van der Waals surface area contributed by atoms with Gasteiger partial charge in [0.15, 0.2) is 0 Å². The zero-order valence-corrected chi connectivity index (χ0v) is 12.0. The number of halogens is 1. The maximum Gasteiger partial charge on any atom is 0.138 e. The average molecular weight is 281 g/mol. The van der Waals surface area contributed by atoms with Gasteiger partial charge >= 0.3 is 0 Å². The molecule has 3 nitrogen and oxygen atoms in total. The van der Waals surface area contributed by atoms with Gasteiger partial charge in [0.25, 0.3) is 0 Å². The van der Waals surface area contributed by atoms with E-state index in [-0.39, 0.29) is 11.7 Å². The van der Waals surface area contributed by atoms with E-state index in [0.29, 0.717) is 17.6 Å². The van der Waals surface area contributed by atoms with Crippen molar-refractivity contribution in [2.24, 2.45) is 0 Å². The van der Waals surface area contributed by atoms with Crippen molar-refractivity contribution in [3.63, 3.8) is 0 Å². The van der Waals surface area contributed by atoms with Gasteiger partial charge in [-0.15, -0.1) is 0 Å². The van der Waals surface area contributed by atoms with Crippen LogP contribution in [-0.2, 0) is 4.79 Å². The fraction of sp³-hybridized carbons (Fsp3) is 0.533. The van der Waals surface area contributed by atoms with E-state index in [1.54, 1.807) is 6.92 Å². The summed E-state index contributed by atoms with van der Waals surface area (Å²) in [6.07, 6.45) is 2.26. The molecule has 1 saturated heterocycles. The summed E-state index contributed by atoms with van der Waals surface area (Å²) in [7, 11) is 0. The molecule has 0 spiro atoms. The number of nitrogens with one attached hydrogen (secondary N) is 2. The predicted octanol–water partition coefficient (Wildman–Crippen LogP) is 2.35. The summed E-state index contributed by atoms with van der Waals surface area (Å²) in [6.45, 7) is 4.48. The monoisotopic (exact) mass is 280 g/mol. The molecule has 1 aliphatic heterocycles. The molecule has 2 N–H and O–H groups in total. The quantitative estimate of drug-likeness (QED) is 0.870. The molecule has 0 bridgehead atoms. The van der Waals surface area contributed by atoms with Crippen LogP contribution in [0.15, 0.2) is 24.3 Å². The lowest BCUT2D eigenvalue weighted by molar-refractivity contribution is -0.118. The second-order valence-electron chi connectivity index (χ2n) is 5.15. The van der Waals surface area contributed by atoms with Gasteiger partial charge in [0.1, 0.15) is 5.78 Å². The Bertz CT molecular complexity index is 413. The van der Waals surface area contributed by atoms with Crippen LogP contribution in [0.4, 0.5) is 0 Å². The van der Waals surface area contributed by atoms with E-state index in [9.17, 15) is 4.79 Å². The highest BCUT2D eigenvalue weighted by molar-refractivity contribution is 6.30. The summed E-state index contributed by atoms with van der Waals surface area (Å²) in [5, 5.41) is 7.57. The van der Waals surface area contributed by atoms with Crippen molar-refractivity contribution >= 4 is 17.4 Å². The Morgan fingerprint density at radius 1 is 1.37 bits per heavy atom. The first-order chi connectivity index (χ1) is 9.16. The van der Waals surface area contributed by atoms with Crippen molar-refractivity contribution in [1.29, 1.82) is 0 Å². The summed E-state index contributed by atoms with van der Waals surface area (Å²) in [6, 6.07) is 8.10. The third-order valence-electron chi connectivity index (χ3n) is 3.71. The van der Waals surface area contributed by atoms with E-state index in [0.717, 1.165) is 31.5 Å². The van der Waals surface area contributed by atoms with E-state index >= 15 is 0 Å². The fourth-order valence-corrected chi connectivity index (χ4v) is 2.63. The first kappa shape index (κ1) is 14.5. The van der Waals surface area contributed by atoms with Gasteiger partial charge in [-0.25, -0.2) is 0 Å². The lowest BCUT2D eigenvalue weighted by atomic mass is 9.94. The minimum atomic E-state index is -0.0767. The van der Waals surface area contributed by atoms with Crippen molar-refractivity contribution in [3.05, 3.63) is 34.9 Å². The van der Waals surface area contributed by atoms with Crippen molar-refractivity contribution in [1.82, 2.24) is 10.6 Å². The van der Waals surface area contributed by atoms with Crippen molar-refractivity contribution < 1.29 is 4.79 Å². The number of ketones is 1. The third kappa shape index (κ3) is 4.30. The molecule has 1 aromatic rings. The molecule has 1 aliphatic rings. The molecule has 104 valence electrons. The maximum absolute atomic E-state index is 11.8. The van der Waals surface area contributed by atoms with E-state index < -0.39 is 0 Å². The zero-order chi connectivity index (χ0) is 13.7. The van der Waals surface area contributed by atoms with Crippen molar-refractivity contribution in [2.75, 3.05) is 19.6 Å². The Labute approximate surface area is 119 Å². The van der Waals surface area contributed by atoms with Crippen molar-refractivity contribution in [3.8, 4) is 0 Å². The van der Waals surface area contributed by atoms with Gasteiger partial charge in [-0.3, -0.25) is 4.79 Å². The fourth-order valence-electron chi connectivity index (χ4n) is 2.50. The molecule has 1 atom stereocenters. The predicted molar refractivity (Wildman–Crippen MR) is 78.8 cm³/mol. The molecule has 0 aromatic heterocycles. The summed E-state index contributed by atoms with van der Waals surface area (Å²) in [5.41, 5.74) is 1.04.